The summed E-state index contributed by atoms with van der Waals surface area (Å²) in [7, 11) is 0. The van der Waals surface area contributed by atoms with Crippen molar-refractivity contribution in [1.29, 1.82) is 0 Å². The number of halogens is 1. The molecule has 134 valence electrons. The molecule has 1 aliphatic carbocycles. The number of carbonyl (C=O) groups excluding carboxylic acids is 1. The molecule has 2 aromatic rings. The number of nitrogens with one attached hydrogen (secondary N) is 1. The number of nitrogens with two attached hydrogens (primary N) is 1. The Morgan fingerprint density at radius 3 is 2.68 bits per heavy atom. The molecule has 1 fully saturated rings. The molecule has 0 saturated heterocycles. The van der Waals surface area contributed by atoms with Crippen LogP contribution in [0.15, 0.2) is 33.9 Å². The molecule has 0 unspecified atom stereocenters. The Bertz CT molecular complexity index is 728. The normalized spacial score (nSPS) is 15.7. The molecule has 0 aliphatic heterocycles. The zero-order valence-electron chi connectivity index (χ0n) is 13.9. The van der Waals surface area contributed by atoms with Crippen LogP contribution in [0.1, 0.15) is 38.5 Å². The first-order valence-corrected chi connectivity index (χ1v) is 10.3. The summed E-state index contributed by atoms with van der Waals surface area (Å²) in [5, 5.41) is 11.9. The van der Waals surface area contributed by atoms with Gasteiger partial charge >= 0.3 is 0 Å². The van der Waals surface area contributed by atoms with Crippen molar-refractivity contribution < 1.29 is 4.79 Å². The second kappa shape index (κ2) is 8.71. The molecular formula is C17H22BrN5OS. The highest BCUT2D eigenvalue weighted by atomic mass is 79.9. The SMILES string of the molecule is Nn1c(SCC(=O)NC2CCCCCC2)nnc1-c1ccccc1Br. The van der Waals surface area contributed by atoms with Gasteiger partial charge in [-0.1, -0.05) is 65.5 Å². The van der Waals surface area contributed by atoms with Crippen LogP contribution in [0.5, 0.6) is 0 Å². The monoisotopic (exact) mass is 423 g/mol. The molecule has 1 aromatic heterocycles. The van der Waals surface area contributed by atoms with Gasteiger partial charge in [-0.3, -0.25) is 4.79 Å². The van der Waals surface area contributed by atoms with E-state index in [0.29, 0.717) is 22.8 Å². The maximum atomic E-state index is 12.2. The van der Waals surface area contributed by atoms with Crippen LogP contribution in [0, 0.1) is 0 Å². The van der Waals surface area contributed by atoms with Crippen molar-refractivity contribution in [2.75, 3.05) is 11.6 Å². The molecule has 0 bridgehead atoms. The maximum Gasteiger partial charge on any atom is 0.230 e. The number of amides is 1. The van der Waals surface area contributed by atoms with Gasteiger partial charge in [-0.25, -0.2) is 4.68 Å². The fourth-order valence-electron chi connectivity index (χ4n) is 3.02. The van der Waals surface area contributed by atoms with Gasteiger partial charge in [0.15, 0.2) is 5.82 Å². The summed E-state index contributed by atoms with van der Waals surface area (Å²) >= 11 is 4.80. The third-order valence-electron chi connectivity index (χ3n) is 4.33. The van der Waals surface area contributed by atoms with Crippen LogP contribution < -0.4 is 11.2 Å². The van der Waals surface area contributed by atoms with Gasteiger partial charge in [0.1, 0.15) is 0 Å². The first kappa shape index (κ1) is 18.3. The summed E-state index contributed by atoms with van der Waals surface area (Å²) in [6, 6.07) is 8.00. The molecule has 6 nitrogen and oxygen atoms in total. The molecule has 1 aromatic carbocycles. The molecule has 3 rings (SSSR count). The average Bonchev–Trinajstić information content (AvgIpc) is 2.80. The van der Waals surface area contributed by atoms with Gasteiger partial charge in [0.25, 0.3) is 0 Å². The fourth-order valence-corrected chi connectivity index (χ4v) is 4.15. The first-order chi connectivity index (χ1) is 12.1. The van der Waals surface area contributed by atoms with E-state index in [0.717, 1.165) is 22.9 Å². The van der Waals surface area contributed by atoms with Gasteiger partial charge in [0.2, 0.25) is 11.1 Å². The highest BCUT2D eigenvalue weighted by Crippen LogP contribution is 2.27. The maximum absolute atomic E-state index is 12.2. The Hall–Kier alpha value is -1.54. The lowest BCUT2D eigenvalue weighted by Crippen LogP contribution is -2.35. The number of carbonyl (C=O) groups is 1. The number of thioether (sulfide) groups is 1. The lowest BCUT2D eigenvalue weighted by Gasteiger charge is -2.15. The van der Waals surface area contributed by atoms with Crippen molar-refractivity contribution in [3.63, 3.8) is 0 Å². The van der Waals surface area contributed by atoms with Crippen molar-refractivity contribution in [1.82, 2.24) is 20.2 Å². The summed E-state index contributed by atoms with van der Waals surface area (Å²) in [6.45, 7) is 0. The van der Waals surface area contributed by atoms with E-state index in [4.69, 9.17) is 5.84 Å². The van der Waals surface area contributed by atoms with Crippen LogP contribution in [-0.4, -0.2) is 32.6 Å². The summed E-state index contributed by atoms with van der Waals surface area (Å²) in [6.07, 6.45) is 7.10. The lowest BCUT2D eigenvalue weighted by molar-refractivity contribution is -0.119. The van der Waals surface area contributed by atoms with Crippen LogP contribution in [-0.2, 0) is 4.79 Å². The van der Waals surface area contributed by atoms with Crippen LogP contribution in [0.3, 0.4) is 0 Å². The molecule has 1 heterocycles. The Balaban J connectivity index is 1.58. The molecule has 1 saturated carbocycles. The molecular weight excluding hydrogens is 402 g/mol. The van der Waals surface area contributed by atoms with Crippen LogP contribution >= 0.6 is 27.7 Å². The minimum atomic E-state index is 0.0299. The van der Waals surface area contributed by atoms with E-state index in [9.17, 15) is 4.79 Å². The highest BCUT2D eigenvalue weighted by molar-refractivity contribution is 9.10. The number of benzene rings is 1. The zero-order chi connectivity index (χ0) is 17.6. The number of rotatable bonds is 5. The number of nitrogen functional groups attached to an aromatic ring is 1. The molecule has 0 atom stereocenters. The van der Waals surface area contributed by atoms with Crippen molar-refractivity contribution in [2.24, 2.45) is 0 Å². The largest absolute Gasteiger partial charge is 0.353 e. The van der Waals surface area contributed by atoms with E-state index < -0.39 is 0 Å². The Morgan fingerprint density at radius 1 is 1.24 bits per heavy atom. The summed E-state index contributed by atoms with van der Waals surface area (Å²) in [5.41, 5.74) is 0.868. The molecule has 3 N–H and O–H groups in total. The van der Waals surface area contributed by atoms with Crippen LogP contribution in [0.25, 0.3) is 11.4 Å². The first-order valence-electron chi connectivity index (χ1n) is 8.52. The topological polar surface area (TPSA) is 85.8 Å². The van der Waals surface area contributed by atoms with Gasteiger partial charge in [0, 0.05) is 16.1 Å². The molecule has 1 amide bonds. The summed E-state index contributed by atoms with van der Waals surface area (Å²) in [5.74, 6) is 7.01. The van der Waals surface area contributed by atoms with E-state index in [1.54, 1.807) is 0 Å². The highest BCUT2D eigenvalue weighted by Gasteiger charge is 2.18. The number of hydrogen-bond donors (Lipinski definition) is 2. The number of aromatic nitrogens is 3. The van der Waals surface area contributed by atoms with Crippen molar-refractivity contribution in [3.8, 4) is 11.4 Å². The second-order valence-electron chi connectivity index (χ2n) is 6.20. The predicted molar refractivity (Wildman–Crippen MR) is 104 cm³/mol. The molecule has 0 spiro atoms. The molecule has 25 heavy (non-hydrogen) atoms. The Morgan fingerprint density at radius 2 is 1.96 bits per heavy atom. The molecule has 0 radical (unpaired) electrons. The van der Waals surface area contributed by atoms with E-state index in [2.05, 4.69) is 31.4 Å². The van der Waals surface area contributed by atoms with Crippen molar-refractivity contribution in [3.05, 3.63) is 28.7 Å². The third-order valence-corrected chi connectivity index (χ3v) is 5.97. The van der Waals surface area contributed by atoms with Gasteiger partial charge in [0.05, 0.1) is 5.75 Å². The minimum Gasteiger partial charge on any atom is -0.353 e. The van der Waals surface area contributed by atoms with Crippen LogP contribution in [0.4, 0.5) is 0 Å². The van der Waals surface area contributed by atoms with Crippen LogP contribution in [0.2, 0.25) is 0 Å². The summed E-state index contributed by atoms with van der Waals surface area (Å²) < 4.78 is 2.33. The van der Waals surface area contributed by atoms with Crippen molar-refractivity contribution >= 4 is 33.6 Å². The lowest BCUT2D eigenvalue weighted by atomic mass is 10.1. The quantitative estimate of drug-likeness (QED) is 0.437. The number of hydrogen-bond acceptors (Lipinski definition) is 5. The smallest absolute Gasteiger partial charge is 0.230 e. The average molecular weight is 424 g/mol. The molecule has 8 heteroatoms. The zero-order valence-corrected chi connectivity index (χ0v) is 16.4. The summed E-state index contributed by atoms with van der Waals surface area (Å²) in [4.78, 5) is 12.2. The van der Waals surface area contributed by atoms with Gasteiger partial charge in [-0.05, 0) is 25.0 Å². The minimum absolute atomic E-state index is 0.0299. The Labute approximate surface area is 160 Å². The Kier molecular flexibility index (Phi) is 6.36. The standard InChI is InChI=1S/C17H22BrN5OS/c18-14-10-6-5-9-13(14)16-21-22-17(23(16)19)25-11-15(24)20-12-7-3-1-2-4-8-12/h5-6,9-10,12H,1-4,7-8,11,19H2,(H,20,24). The van der Waals surface area contributed by atoms with E-state index >= 15 is 0 Å². The van der Waals surface area contributed by atoms with E-state index in [1.807, 2.05) is 24.3 Å². The fraction of sp³-hybridized carbons (Fsp3) is 0.471. The van der Waals surface area contributed by atoms with Gasteiger partial charge in [-0.2, -0.15) is 0 Å². The second-order valence-corrected chi connectivity index (χ2v) is 8.00. The molecule has 1 aliphatic rings. The van der Waals surface area contributed by atoms with Gasteiger partial charge in [-0.15, -0.1) is 10.2 Å². The van der Waals surface area contributed by atoms with Crippen molar-refractivity contribution in [2.45, 2.75) is 49.7 Å². The predicted octanol–water partition coefficient (Wildman–Crippen LogP) is 3.35. The van der Waals surface area contributed by atoms with E-state index in [1.165, 1.54) is 42.1 Å². The van der Waals surface area contributed by atoms with E-state index in [-0.39, 0.29) is 5.91 Å². The third kappa shape index (κ3) is 4.76. The van der Waals surface area contributed by atoms with Gasteiger partial charge < -0.3 is 11.2 Å². The number of nitrogens with zero attached hydrogens (tertiary/aromatic N) is 3.